The Balaban J connectivity index is 2.66. The second kappa shape index (κ2) is 6.30. The van der Waals surface area contributed by atoms with Crippen LogP contribution in [0.25, 0.3) is 0 Å². The monoisotopic (exact) mass is 244 g/mol. The van der Waals surface area contributed by atoms with E-state index in [1.807, 2.05) is 0 Å². The van der Waals surface area contributed by atoms with E-state index in [-0.39, 0.29) is 10.6 Å². The molecule has 0 bridgehead atoms. The lowest BCUT2D eigenvalue weighted by Gasteiger charge is -2.08. The van der Waals surface area contributed by atoms with Crippen LogP contribution in [0.4, 0.5) is 5.82 Å². The molecule has 1 aromatic rings. The van der Waals surface area contributed by atoms with Crippen LogP contribution in [0.3, 0.4) is 0 Å². The molecule has 0 aliphatic heterocycles. The van der Waals surface area contributed by atoms with E-state index in [2.05, 4.69) is 10.3 Å². The number of aromatic carboxylic acids is 1. The Labute approximate surface area is 98.4 Å². The van der Waals surface area contributed by atoms with Crippen LogP contribution in [-0.4, -0.2) is 36.3 Å². The third-order valence-corrected chi connectivity index (χ3v) is 2.32. The summed E-state index contributed by atoms with van der Waals surface area (Å²) in [5.74, 6) is -0.676. The summed E-state index contributed by atoms with van der Waals surface area (Å²) in [4.78, 5) is 14.8. The molecule has 0 fully saturated rings. The molecule has 0 amide bonds. The van der Waals surface area contributed by atoms with E-state index >= 15 is 0 Å². The highest BCUT2D eigenvalue weighted by atomic mass is 35.5. The van der Waals surface area contributed by atoms with Crippen LogP contribution in [0.15, 0.2) is 12.3 Å². The average molecular weight is 245 g/mol. The summed E-state index contributed by atoms with van der Waals surface area (Å²) in [7, 11) is 1.62. The molecular weight excluding hydrogens is 232 g/mol. The zero-order valence-electron chi connectivity index (χ0n) is 8.86. The lowest BCUT2D eigenvalue weighted by Crippen LogP contribution is -2.08. The van der Waals surface area contributed by atoms with Crippen LogP contribution in [-0.2, 0) is 4.74 Å². The van der Waals surface area contributed by atoms with Gasteiger partial charge in [0.25, 0.3) is 0 Å². The Bertz CT molecular complexity index is 371. The van der Waals surface area contributed by atoms with Crippen molar-refractivity contribution in [1.82, 2.24) is 4.98 Å². The van der Waals surface area contributed by atoms with Gasteiger partial charge in [0.05, 0.1) is 10.6 Å². The fourth-order valence-corrected chi connectivity index (χ4v) is 1.41. The first-order valence-electron chi connectivity index (χ1n) is 4.77. The van der Waals surface area contributed by atoms with E-state index in [9.17, 15) is 4.79 Å². The number of carboxylic acids is 1. The Kier molecular flexibility index (Phi) is 5.01. The Hall–Kier alpha value is -1.33. The normalized spacial score (nSPS) is 10.1. The van der Waals surface area contributed by atoms with Crippen LogP contribution in [0, 0.1) is 0 Å². The van der Waals surface area contributed by atoms with Crippen LogP contribution in [0.1, 0.15) is 16.8 Å². The second-order valence-corrected chi connectivity index (χ2v) is 3.48. The van der Waals surface area contributed by atoms with E-state index in [0.717, 1.165) is 6.42 Å². The van der Waals surface area contributed by atoms with Crippen molar-refractivity contribution < 1.29 is 14.6 Å². The van der Waals surface area contributed by atoms with Gasteiger partial charge in [0, 0.05) is 26.5 Å². The van der Waals surface area contributed by atoms with Crippen LogP contribution in [0.5, 0.6) is 0 Å². The number of methoxy groups -OCH3 is 1. The van der Waals surface area contributed by atoms with E-state index in [1.54, 1.807) is 7.11 Å². The molecular formula is C10H13ClN2O3. The highest BCUT2D eigenvalue weighted by Gasteiger charge is 2.12. The largest absolute Gasteiger partial charge is 0.478 e. The predicted octanol–water partition coefficient (Wildman–Crippen LogP) is 1.88. The molecule has 1 heterocycles. The highest BCUT2D eigenvalue weighted by Crippen LogP contribution is 2.23. The Morgan fingerprint density at radius 2 is 2.44 bits per heavy atom. The van der Waals surface area contributed by atoms with Gasteiger partial charge >= 0.3 is 5.97 Å². The number of hydrogen-bond acceptors (Lipinski definition) is 4. The molecule has 16 heavy (non-hydrogen) atoms. The number of pyridine rings is 1. The van der Waals surface area contributed by atoms with Crippen molar-refractivity contribution in [3.8, 4) is 0 Å². The predicted molar refractivity (Wildman–Crippen MR) is 61.2 cm³/mol. The minimum absolute atomic E-state index is 0.0471. The summed E-state index contributed by atoms with van der Waals surface area (Å²) < 4.78 is 4.88. The van der Waals surface area contributed by atoms with Crippen LogP contribution >= 0.6 is 11.6 Å². The zero-order valence-corrected chi connectivity index (χ0v) is 9.62. The summed E-state index contributed by atoms with van der Waals surface area (Å²) in [6.07, 6.45) is 2.21. The second-order valence-electron chi connectivity index (χ2n) is 3.10. The number of rotatable bonds is 6. The van der Waals surface area contributed by atoms with Gasteiger partial charge < -0.3 is 15.2 Å². The molecule has 0 atom stereocenters. The van der Waals surface area contributed by atoms with Gasteiger partial charge in [-0.25, -0.2) is 9.78 Å². The molecule has 6 heteroatoms. The van der Waals surface area contributed by atoms with Crippen molar-refractivity contribution in [2.75, 3.05) is 25.6 Å². The quantitative estimate of drug-likeness (QED) is 0.748. The van der Waals surface area contributed by atoms with Gasteiger partial charge in [-0.05, 0) is 12.5 Å². The van der Waals surface area contributed by atoms with E-state index < -0.39 is 5.97 Å². The molecule has 0 saturated carbocycles. The number of halogens is 1. The molecule has 1 aromatic heterocycles. The maximum atomic E-state index is 10.8. The minimum Gasteiger partial charge on any atom is -0.478 e. The Morgan fingerprint density at radius 1 is 1.69 bits per heavy atom. The number of carbonyl (C=O) groups is 1. The lowest BCUT2D eigenvalue weighted by molar-refractivity contribution is 0.0697. The van der Waals surface area contributed by atoms with Crippen molar-refractivity contribution >= 4 is 23.4 Å². The summed E-state index contributed by atoms with van der Waals surface area (Å²) in [5.41, 5.74) is 0.0471. The number of aromatic nitrogens is 1. The Morgan fingerprint density at radius 3 is 3.06 bits per heavy atom. The molecule has 0 aliphatic rings. The van der Waals surface area contributed by atoms with Gasteiger partial charge in [0.15, 0.2) is 0 Å². The van der Waals surface area contributed by atoms with Gasteiger partial charge in [-0.2, -0.15) is 0 Å². The fraction of sp³-hybridized carbons (Fsp3) is 0.400. The van der Waals surface area contributed by atoms with E-state index in [4.69, 9.17) is 21.4 Å². The number of nitrogens with zero attached hydrogens (tertiary/aromatic N) is 1. The number of anilines is 1. The van der Waals surface area contributed by atoms with Crippen molar-refractivity contribution in [3.05, 3.63) is 22.8 Å². The number of nitrogens with one attached hydrogen (secondary N) is 1. The van der Waals surface area contributed by atoms with Crippen molar-refractivity contribution in [3.63, 3.8) is 0 Å². The topological polar surface area (TPSA) is 71.5 Å². The first kappa shape index (κ1) is 12.7. The molecule has 0 spiro atoms. The molecule has 2 N–H and O–H groups in total. The van der Waals surface area contributed by atoms with Crippen molar-refractivity contribution in [2.45, 2.75) is 6.42 Å². The van der Waals surface area contributed by atoms with Gasteiger partial charge in [0.2, 0.25) is 0 Å². The molecule has 0 radical (unpaired) electrons. The third kappa shape index (κ3) is 3.36. The van der Waals surface area contributed by atoms with Crippen LogP contribution in [0.2, 0.25) is 5.02 Å². The number of carboxylic acid groups (broad SMARTS) is 1. The molecule has 0 unspecified atom stereocenters. The molecule has 5 nitrogen and oxygen atoms in total. The highest BCUT2D eigenvalue weighted by molar-refractivity contribution is 6.35. The first-order valence-corrected chi connectivity index (χ1v) is 5.15. The SMILES string of the molecule is COCCCNc1nccc(C(=O)O)c1Cl. The summed E-state index contributed by atoms with van der Waals surface area (Å²) >= 11 is 5.88. The standard InChI is InChI=1S/C10H13ClN2O3/c1-16-6-2-4-12-9-8(11)7(10(14)15)3-5-13-9/h3,5H,2,4,6H2,1H3,(H,12,13)(H,14,15). The maximum Gasteiger partial charge on any atom is 0.337 e. The van der Waals surface area contributed by atoms with Crippen molar-refractivity contribution in [2.24, 2.45) is 0 Å². The van der Waals surface area contributed by atoms with E-state index in [0.29, 0.717) is 19.0 Å². The minimum atomic E-state index is -1.06. The van der Waals surface area contributed by atoms with Gasteiger partial charge in [-0.3, -0.25) is 0 Å². The molecule has 0 saturated heterocycles. The fourth-order valence-electron chi connectivity index (χ4n) is 1.16. The summed E-state index contributed by atoms with van der Waals surface area (Å²) in [6, 6.07) is 1.37. The number of hydrogen-bond donors (Lipinski definition) is 2. The zero-order chi connectivity index (χ0) is 12.0. The van der Waals surface area contributed by atoms with E-state index in [1.165, 1.54) is 12.3 Å². The molecule has 0 aromatic carbocycles. The van der Waals surface area contributed by atoms with Gasteiger partial charge in [-0.1, -0.05) is 11.6 Å². The first-order chi connectivity index (χ1) is 7.66. The van der Waals surface area contributed by atoms with Crippen LogP contribution < -0.4 is 5.32 Å². The maximum absolute atomic E-state index is 10.8. The number of ether oxygens (including phenoxy) is 1. The third-order valence-electron chi connectivity index (χ3n) is 1.94. The molecule has 1 rings (SSSR count). The summed E-state index contributed by atoms with van der Waals surface area (Å²) in [6.45, 7) is 1.26. The van der Waals surface area contributed by atoms with Gasteiger partial charge in [-0.15, -0.1) is 0 Å². The van der Waals surface area contributed by atoms with Gasteiger partial charge in [0.1, 0.15) is 5.82 Å². The summed E-state index contributed by atoms with van der Waals surface area (Å²) in [5, 5.41) is 11.9. The smallest absolute Gasteiger partial charge is 0.337 e. The van der Waals surface area contributed by atoms with Crippen molar-refractivity contribution in [1.29, 1.82) is 0 Å². The lowest BCUT2D eigenvalue weighted by atomic mass is 10.2. The molecule has 0 aliphatic carbocycles. The molecule has 88 valence electrons. The average Bonchev–Trinajstić information content (AvgIpc) is 2.26.